The van der Waals surface area contributed by atoms with E-state index in [2.05, 4.69) is 28.6 Å². The summed E-state index contributed by atoms with van der Waals surface area (Å²) in [6.45, 7) is 3.82. The second-order valence-electron chi connectivity index (χ2n) is 6.07. The molecule has 0 saturated heterocycles. The number of rotatable bonds is 3. The zero-order valence-corrected chi connectivity index (χ0v) is 14.2. The molecule has 2 aliphatic rings. The Bertz CT molecular complexity index is 751. The average Bonchev–Trinajstić information content (AvgIpc) is 3.13. The van der Waals surface area contributed by atoms with Gasteiger partial charge < -0.3 is 14.8 Å². The molecule has 1 aromatic carbocycles. The summed E-state index contributed by atoms with van der Waals surface area (Å²) in [5.74, 6) is 0.950. The molecule has 1 atom stereocenters. The fourth-order valence-corrected chi connectivity index (χ4v) is 3.93. The summed E-state index contributed by atoms with van der Waals surface area (Å²) < 4.78 is 11.1. The van der Waals surface area contributed by atoms with Crippen LogP contribution in [0.3, 0.4) is 0 Å². The number of fused-ring (bicyclic) bond motifs is 2. The maximum atomic E-state index is 12.1. The highest BCUT2D eigenvalue weighted by Crippen LogP contribution is 2.29. The first-order valence-corrected chi connectivity index (χ1v) is 8.88. The fourth-order valence-electron chi connectivity index (χ4n) is 2.99. The van der Waals surface area contributed by atoms with Gasteiger partial charge >= 0.3 is 6.03 Å². The molecule has 7 heteroatoms. The summed E-state index contributed by atoms with van der Waals surface area (Å²) in [5, 5.41) is 6.30. The van der Waals surface area contributed by atoms with Crippen molar-refractivity contribution in [2.45, 2.75) is 39.0 Å². The Kier molecular flexibility index (Phi) is 4.12. The molecule has 3 heterocycles. The highest BCUT2D eigenvalue weighted by atomic mass is 32.1. The number of aromatic nitrogens is 1. The number of hydrogen-bond acceptors (Lipinski definition) is 5. The molecule has 1 unspecified atom stereocenters. The number of benzene rings is 1. The zero-order chi connectivity index (χ0) is 16.5. The van der Waals surface area contributed by atoms with E-state index in [9.17, 15) is 4.79 Å². The Balaban J connectivity index is 1.34. The maximum Gasteiger partial charge on any atom is 0.321 e. The van der Waals surface area contributed by atoms with Gasteiger partial charge in [0.05, 0.1) is 23.8 Å². The largest absolute Gasteiger partial charge is 0.490 e. The minimum absolute atomic E-state index is 0.228. The van der Waals surface area contributed by atoms with Gasteiger partial charge in [-0.2, -0.15) is 0 Å². The first kappa shape index (κ1) is 15.4. The third-order valence-electron chi connectivity index (χ3n) is 4.13. The summed E-state index contributed by atoms with van der Waals surface area (Å²) in [7, 11) is 0. The molecule has 0 bridgehead atoms. The van der Waals surface area contributed by atoms with Crippen LogP contribution < -0.4 is 15.4 Å². The van der Waals surface area contributed by atoms with Crippen LogP contribution in [-0.2, 0) is 30.7 Å². The van der Waals surface area contributed by atoms with Gasteiger partial charge in [0, 0.05) is 19.4 Å². The monoisotopic (exact) mass is 345 g/mol. The standard InChI is InChI=1S/C17H19N3O3S/c1-10-6-12-7-11(2-3-14(12)23-10)8-18-16(21)20-17-19-13-4-5-22-9-15(13)24-17/h2-3,7,10H,4-6,8-9H2,1H3,(H2,18,19,20,21). The van der Waals surface area contributed by atoms with Gasteiger partial charge in [-0.1, -0.05) is 23.5 Å². The zero-order valence-electron chi connectivity index (χ0n) is 13.4. The summed E-state index contributed by atoms with van der Waals surface area (Å²) >= 11 is 1.48. The van der Waals surface area contributed by atoms with Crippen LogP contribution in [-0.4, -0.2) is 23.7 Å². The molecule has 0 spiro atoms. The van der Waals surface area contributed by atoms with Crippen LogP contribution in [0.15, 0.2) is 18.2 Å². The molecule has 2 amide bonds. The van der Waals surface area contributed by atoms with Crippen molar-refractivity contribution in [2.75, 3.05) is 11.9 Å². The Labute approximate surface area is 144 Å². The number of carbonyl (C=O) groups excluding carboxylic acids is 1. The van der Waals surface area contributed by atoms with Crippen LogP contribution in [0, 0.1) is 0 Å². The Morgan fingerprint density at radius 2 is 2.38 bits per heavy atom. The lowest BCUT2D eigenvalue weighted by atomic mass is 10.1. The van der Waals surface area contributed by atoms with Gasteiger partial charge in [-0.3, -0.25) is 5.32 Å². The molecule has 0 radical (unpaired) electrons. The van der Waals surface area contributed by atoms with Crippen LogP contribution in [0.4, 0.5) is 9.93 Å². The van der Waals surface area contributed by atoms with Crippen molar-refractivity contribution in [3.05, 3.63) is 39.9 Å². The molecule has 2 aliphatic heterocycles. The Morgan fingerprint density at radius 3 is 3.25 bits per heavy atom. The average molecular weight is 345 g/mol. The SMILES string of the molecule is CC1Cc2cc(CNC(=O)Nc3nc4c(s3)COCC4)ccc2O1. The third kappa shape index (κ3) is 3.22. The maximum absolute atomic E-state index is 12.1. The van der Waals surface area contributed by atoms with E-state index in [1.807, 2.05) is 12.1 Å². The first-order chi connectivity index (χ1) is 11.7. The molecule has 126 valence electrons. The number of hydrogen-bond donors (Lipinski definition) is 2. The normalized spacial score (nSPS) is 18.5. The van der Waals surface area contributed by atoms with E-state index in [1.165, 1.54) is 16.9 Å². The van der Waals surface area contributed by atoms with E-state index >= 15 is 0 Å². The van der Waals surface area contributed by atoms with Crippen molar-refractivity contribution >= 4 is 22.5 Å². The van der Waals surface area contributed by atoms with Crippen molar-refractivity contribution in [1.82, 2.24) is 10.3 Å². The van der Waals surface area contributed by atoms with E-state index in [0.29, 0.717) is 24.9 Å². The number of nitrogens with one attached hydrogen (secondary N) is 2. The molecule has 0 saturated carbocycles. The Hall–Kier alpha value is -2.12. The van der Waals surface area contributed by atoms with E-state index < -0.39 is 0 Å². The number of ether oxygens (including phenoxy) is 2. The van der Waals surface area contributed by atoms with E-state index in [0.717, 1.165) is 34.7 Å². The minimum atomic E-state index is -0.243. The van der Waals surface area contributed by atoms with E-state index in [1.54, 1.807) is 0 Å². The fraction of sp³-hybridized carbons (Fsp3) is 0.412. The number of nitrogens with zero attached hydrogens (tertiary/aromatic N) is 1. The summed E-state index contributed by atoms with van der Waals surface area (Å²) in [6, 6.07) is 5.81. The van der Waals surface area contributed by atoms with Gasteiger partial charge in [0.25, 0.3) is 0 Å². The molecule has 4 rings (SSSR count). The lowest BCUT2D eigenvalue weighted by Crippen LogP contribution is -2.28. The van der Waals surface area contributed by atoms with Crippen molar-refractivity contribution in [3.8, 4) is 5.75 Å². The van der Waals surface area contributed by atoms with Crippen LogP contribution in [0.1, 0.15) is 28.6 Å². The summed E-state index contributed by atoms with van der Waals surface area (Å²) in [5.41, 5.74) is 3.30. The lowest BCUT2D eigenvalue weighted by molar-refractivity contribution is 0.112. The molecule has 1 aromatic heterocycles. The smallest absolute Gasteiger partial charge is 0.321 e. The molecular formula is C17H19N3O3S. The molecule has 2 aromatic rings. The quantitative estimate of drug-likeness (QED) is 0.897. The van der Waals surface area contributed by atoms with Crippen LogP contribution in [0.5, 0.6) is 5.75 Å². The van der Waals surface area contributed by atoms with Gasteiger partial charge in [0.2, 0.25) is 0 Å². The molecule has 6 nitrogen and oxygen atoms in total. The third-order valence-corrected chi connectivity index (χ3v) is 5.12. The molecule has 24 heavy (non-hydrogen) atoms. The number of thiazole rings is 1. The van der Waals surface area contributed by atoms with Crippen molar-refractivity contribution in [3.63, 3.8) is 0 Å². The van der Waals surface area contributed by atoms with Crippen molar-refractivity contribution in [1.29, 1.82) is 0 Å². The van der Waals surface area contributed by atoms with Gasteiger partial charge in [0.1, 0.15) is 11.9 Å². The number of urea groups is 1. The summed E-state index contributed by atoms with van der Waals surface area (Å²) in [4.78, 5) is 17.6. The van der Waals surface area contributed by atoms with Crippen LogP contribution in [0.2, 0.25) is 0 Å². The van der Waals surface area contributed by atoms with Gasteiger partial charge in [-0.05, 0) is 24.1 Å². The van der Waals surface area contributed by atoms with Gasteiger partial charge in [-0.15, -0.1) is 0 Å². The molecule has 2 N–H and O–H groups in total. The topological polar surface area (TPSA) is 72.5 Å². The molecule has 0 fully saturated rings. The molecular weight excluding hydrogens is 326 g/mol. The predicted octanol–water partition coefficient (Wildman–Crippen LogP) is 2.86. The number of carbonyl (C=O) groups is 1. The molecule has 0 aliphatic carbocycles. The predicted molar refractivity (Wildman–Crippen MR) is 91.6 cm³/mol. The minimum Gasteiger partial charge on any atom is -0.490 e. The number of anilines is 1. The number of amides is 2. The first-order valence-electron chi connectivity index (χ1n) is 8.07. The van der Waals surface area contributed by atoms with Crippen LogP contribution in [0.25, 0.3) is 0 Å². The highest BCUT2D eigenvalue weighted by Gasteiger charge is 2.19. The Morgan fingerprint density at radius 1 is 1.46 bits per heavy atom. The van der Waals surface area contributed by atoms with E-state index in [4.69, 9.17) is 9.47 Å². The summed E-state index contributed by atoms with van der Waals surface area (Å²) in [6.07, 6.45) is 1.96. The van der Waals surface area contributed by atoms with Gasteiger partial charge in [0.15, 0.2) is 5.13 Å². The van der Waals surface area contributed by atoms with Crippen molar-refractivity contribution in [2.24, 2.45) is 0 Å². The second kappa shape index (κ2) is 6.41. The highest BCUT2D eigenvalue weighted by molar-refractivity contribution is 7.15. The lowest BCUT2D eigenvalue weighted by Gasteiger charge is -2.08. The van der Waals surface area contributed by atoms with Crippen LogP contribution >= 0.6 is 11.3 Å². The van der Waals surface area contributed by atoms with Crippen molar-refractivity contribution < 1.29 is 14.3 Å². The second-order valence-corrected chi connectivity index (χ2v) is 7.16. The van der Waals surface area contributed by atoms with Gasteiger partial charge in [-0.25, -0.2) is 9.78 Å². The van der Waals surface area contributed by atoms with E-state index in [-0.39, 0.29) is 12.1 Å².